The van der Waals surface area contributed by atoms with Crippen molar-refractivity contribution in [3.63, 3.8) is 0 Å². The molecule has 0 radical (unpaired) electrons. The molecule has 200 valence electrons. The highest BCUT2D eigenvalue weighted by Crippen LogP contribution is 2.55. The first kappa shape index (κ1) is 24.6. The average molecular weight is 531 g/mol. The Morgan fingerprint density at radius 1 is 1.10 bits per heavy atom. The van der Waals surface area contributed by atoms with Gasteiger partial charge in [-0.2, -0.15) is 5.10 Å². The summed E-state index contributed by atoms with van der Waals surface area (Å²) in [6.45, 7) is 2.37. The summed E-state index contributed by atoms with van der Waals surface area (Å²) < 4.78 is 15.4. The number of fused-ring (bicyclic) bond motifs is 3. The number of carbonyl (C=O) groups is 1. The molecule has 0 spiro atoms. The van der Waals surface area contributed by atoms with Crippen LogP contribution in [-0.4, -0.2) is 20.7 Å². The van der Waals surface area contributed by atoms with Crippen molar-refractivity contribution in [2.45, 2.75) is 38.6 Å². The van der Waals surface area contributed by atoms with Crippen LogP contribution in [-0.2, 0) is 6.42 Å². The van der Waals surface area contributed by atoms with Crippen molar-refractivity contribution in [3.8, 4) is 5.69 Å². The molecule has 2 aliphatic carbocycles. The lowest BCUT2D eigenvalue weighted by molar-refractivity contribution is 0.0925. The van der Waals surface area contributed by atoms with Gasteiger partial charge in [-0.3, -0.25) is 4.79 Å². The summed E-state index contributed by atoms with van der Waals surface area (Å²) >= 11 is 0. The summed E-state index contributed by atoms with van der Waals surface area (Å²) in [6.07, 6.45) is 9.99. The average Bonchev–Trinajstić information content (AvgIpc) is 3.69. The molecule has 2 aliphatic rings. The summed E-state index contributed by atoms with van der Waals surface area (Å²) in [4.78, 5) is 16.8. The number of aromatic amines is 1. The topological polar surface area (TPSA) is 62.7 Å². The lowest BCUT2D eigenvalue weighted by atomic mass is 9.68. The van der Waals surface area contributed by atoms with E-state index in [1.165, 1.54) is 23.3 Å². The number of hydrogen-bond donors (Lipinski definition) is 2. The number of halogens is 1. The lowest BCUT2D eigenvalue weighted by Crippen LogP contribution is -2.35. The van der Waals surface area contributed by atoms with Crippen LogP contribution in [0.1, 0.15) is 59.4 Å². The zero-order valence-electron chi connectivity index (χ0n) is 22.4. The Balaban J connectivity index is 1.17. The predicted octanol–water partition coefficient (Wildman–Crippen LogP) is 7.41. The molecule has 2 N–H and O–H groups in total. The number of nitrogens with zero attached hydrogens (tertiary/aromatic N) is 2. The van der Waals surface area contributed by atoms with E-state index in [0.29, 0.717) is 11.5 Å². The maximum atomic E-state index is 13.6. The van der Waals surface area contributed by atoms with E-state index < -0.39 is 0 Å². The van der Waals surface area contributed by atoms with E-state index in [0.717, 1.165) is 53.5 Å². The monoisotopic (exact) mass is 530 g/mol. The number of hydrogen-bond acceptors (Lipinski definition) is 2. The van der Waals surface area contributed by atoms with Gasteiger partial charge in [-0.15, -0.1) is 0 Å². The molecule has 1 saturated carbocycles. The summed E-state index contributed by atoms with van der Waals surface area (Å²) in [7, 11) is 0. The maximum absolute atomic E-state index is 13.6. The number of carbonyl (C=O) groups excluding carboxylic acids is 1. The van der Waals surface area contributed by atoms with Gasteiger partial charge in [0.15, 0.2) is 0 Å². The van der Waals surface area contributed by atoms with Crippen molar-refractivity contribution in [2.75, 3.05) is 0 Å². The highest BCUT2D eigenvalue weighted by Gasteiger charge is 2.46. The Bertz CT molecular complexity index is 1730. The van der Waals surface area contributed by atoms with Crippen LogP contribution in [0, 0.1) is 17.2 Å². The number of rotatable bonds is 6. The Morgan fingerprint density at radius 2 is 1.93 bits per heavy atom. The van der Waals surface area contributed by atoms with E-state index >= 15 is 0 Å². The van der Waals surface area contributed by atoms with E-state index in [2.05, 4.69) is 40.5 Å². The molecule has 6 heteroatoms. The van der Waals surface area contributed by atoms with Gasteiger partial charge in [0, 0.05) is 22.7 Å². The van der Waals surface area contributed by atoms with Crippen LogP contribution in [0.5, 0.6) is 0 Å². The smallest absolute Gasteiger partial charge is 0.252 e. The second-order valence-corrected chi connectivity index (χ2v) is 11.4. The third-order valence-electron chi connectivity index (χ3n) is 9.09. The number of amides is 1. The number of aromatic nitrogens is 3. The van der Waals surface area contributed by atoms with Crippen LogP contribution in [0.2, 0.25) is 0 Å². The van der Waals surface area contributed by atoms with E-state index in [4.69, 9.17) is 0 Å². The summed E-state index contributed by atoms with van der Waals surface area (Å²) in [5.74, 6) is 0.0956. The minimum atomic E-state index is -0.251. The first-order valence-corrected chi connectivity index (χ1v) is 14.0. The van der Waals surface area contributed by atoms with Crippen LogP contribution in [0.4, 0.5) is 4.39 Å². The predicted molar refractivity (Wildman–Crippen MR) is 156 cm³/mol. The summed E-state index contributed by atoms with van der Waals surface area (Å²) in [5, 5.41) is 9.01. The molecular weight excluding hydrogens is 499 g/mol. The largest absolute Gasteiger partial charge is 0.361 e. The maximum Gasteiger partial charge on any atom is 0.252 e. The van der Waals surface area contributed by atoms with Gasteiger partial charge in [-0.05, 0) is 96.7 Å². The van der Waals surface area contributed by atoms with E-state index in [1.807, 2.05) is 59.5 Å². The fraction of sp³-hybridized carbons (Fsp3) is 0.235. The van der Waals surface area contributed by atoms with Crippen molar-refractivity contribution in [1.82, 2.24) is 20.1 Å². The van der Waals surface area contributed by atoms with Gasteiger partial charge in [-0.25, -0.2) is 9.07 Å². The minimum Gasteiger partial charge on any atom is -0.361 e. The zero-order valence-corrected chi connectivity index (χ0v) is 22.4. The van der Waals surface area contributed by atoms with Crippen molar-refractivity contribution in [1.29, 1.82) is 0 Å². The van der Waals surface area contributed by atoms with Gasteiger partial charge in [-0.1, -0.05) is 48.9 Å². The quantitative estimate of drug-likeness (QED) is 0.240. The second-order valence-electron chi connectivity index (χ2n) is 11.4. The molecule has 7 rings (SSSR count). The molecule has 40 heavy (non-hydrogen) atoms. The first-order valence-electron chi connectivity index (χ1n) is 14.0. The van der Waals surface area contributed by atoms with Crippen LogP contribution >= 0.6 is 0 Å². The first-order chi connectivity index (χ1) is 19.5. The molecule has 3 aromatic carbocycles. The van der Waals surface area contributed by atoms with Crippen molar-refractivity contribution >= 4 is 22.9 Å². The molecule has 2 heterocycles. The normalized spacial score (nSPS) is 20.6. The van der Waals surface area contributed by atoms with Crippen molar-refractivity contribution < 1.29 is 9.18 Å². The SMILES string of the molecule is C[C@]12Cc3cnn(-c4ccc(F)cc4)c3C=C1CC[C@@H]2CC(NC(=O)c1cccc2[nH]ccc12)c1ccccc1. The van der Waals surface area contributed by atoms with Crippen molar-refractivity contribution in [3.05, 3.63) is 125 Å². The molecule has 1 unspecified atom stereocenters. The fourth-order valence-electron chi connectivity index (χ4n) is 6.87. The standard InChI is InChI=1S/C34H31FN4O/c1-34-20-23-21-37-39(27-14-12-26(35)13-15-27)32(23)19-25(34)11-10-24(34)18-31(22-6-3-2-4-7-22)38-33(40)29-8-5-9-30-28(29)16-17-36-30/h2-9,12-17,19,21,24,31,36H,10-11,18,20H2,1H3,(H,38,40)/t24-,31?,34-/m1/s1. The molecule has 1 amide bonds. The molecular formula is C34H31FN4O. The Hall–Kier alpha value is -4.45. The Labute approximate surface area is 232 Å². The van der Waals surface area contributed by atoms with Crippen LogP contribution in [0.3, 0.4) is 0 Å². The van der Waals surface area contributed by atoms with Crippen LogP contribution in [0.15, 0.2) is 96.8 Å². The highest BCUT2D eigenvalue weighted by molar-refractivity contribution is 6.06. The van der Waals surface area contributed by atoms with E-state index in [1.54, 1.807) is 12.1 Å². The van der Waals surface area contributed by atoms with Crippen LogP contribution < -0.4 is 5.32 Å². The molecule has 3 atom stereocenters. The Kier molecular flexibility index (Phi) is 5.92. The lowest BCUT2D eigenvalue weighted by Gasteiger charge is -2.37. The fourth-order valence-corrected chi connectivity index (χ4v) is 6.87. The number of benzene rings is 3. The van der Waals surface area contributed by atoms with E-state index in [9.17, 15) is 9.18 Å². The number of allylic oxidation sites excluding steroid dienone is 1. The van der Waals surface area contributed by atoms with Gasteiger partial charge in [0.2, 0.25) is 0 Å². The molecule has 0 saturated heterocycles. The Morgan fingerprint density at radius 3 is 2.75 bits per heavy atom. The highest BCUT2D eigenvalue weighted by atomic mass is 19.1. The third-order valence-corrected chi connectivity index (χ3v) is 9.09. The second kappa shape index (κ2) is 9.63. The number of H-pyrrole nitrogens is 1. The molecule has 2 aromatic heterocycles. The van der Waals surface area contributed by atoms with Crippen LogP contribution in [0.25, 0.3) is 22.7 Å². The molecule has 5 aromatic rings. The summed E-state index contributed by atoms with van der Waals surface area (Å²) in [6, 6.07) is 24.5. The minimum absolute atomic E-state index is 0.0118. The van der Waals surface area contributed by atoms with Crippen molar-refractivity contribution in [2.24, 2.45) is 11.3 Å². The summed E-state index contributed by atoms with van der Waals surface area (Å²) in [5.41, 5.74) is 7.36. The van der Waals surface area contributed by atoms with Gasteiger partial charge < -0.3 is 10.3 Å². The zero-order chi connectivity index (χ0) is 27.3. The van der Waals surface area contributed by atoms with Gasteiger partial charge >= 0.3 is 0 Å². The molecule has 0 bridgehead atoms. The molecule has 0 aliphatic heterocycles. The van der Waals surface area contributed by atoms with E-state index in [-0.39, 0.29) is 23.2 Å². The molecule has 1 fully saturated rings. The number of nitrogens with one attached hydrogen (secondary N) is 2. The van der Waals surface area contributed by atoms with Gasteiger partial charge in [0.1, 0.15) is 5.82 Å². The van der Waals surface area contributed by atoms with Gasteiger partial charge in [0.05, 0.1) is 23.6 Å². The van der Waals surface area contributed by atoms with Gasteiger partial charge in [0.25, 0.3) is 5.91 Å². The molecule has 5 nitrogen and oxygen atoms in total. The third kappa shape index (κ3) is 4.15.